The van der Waals surface area contributed by atoms with E-state index in [1.807, 2.05) is 0 Å². The van der Waals surface area contributed by atoms with Crippen LogP contribution in [0, 0.1) is 0 Å². The van der Waals surface area contributed by atoms with Gasteiger partial charge in [-0.2, -0.15) is 0 Å². The van der Waals surface area contributed by atoms with E-state index in [0.29, 0.717) is 0 Å². The van der Waals surface area contributed by atoms with E-state index in [-0.39, 0.29) is 0 Å². The minimum Gasteiger partial charge on any atom is -0.394 e. The van der Waals surface area contributed by atoms with Crippen LogP contribution in [-0.2, 0) is 4.74 Å². The van der Waals surface area contributed by atoms with E-state index in [4.69, 9.17) is 20.4 Å². The molecule has 0 aromatic rings. The molecule has 5 heteroatoms. The Morgan fingerprint density at radius 3 is 1.90 bits per heavy atom. The lowest BCUT2D eigenvalue weighted by Crippen LogP contribution is -2.33. The van der Waals surface area contributed by atoms with Crippen LogP contribution in [0.4, 0.5) is 0 Å². The number of hydrogen-bond donors (Lipinski definition) is 4. The summed E-state index contributed by atoms with van der Waals surface area (Å²) in [6.45, 7) is -0.407. The van der Waals surface area contributed by atoms with Gasteiger partial charge in [-0.15, -0.1) is 0 Å². The molecule has 0 aromatic heterocycles. The third kappa shape index (κ3) is 1.14. The zero-order valence-electron chi connectivity index (χ0n) is 5.21. The largest absolute Gasteiger partial charge is 0.394 e. The molecule has 1 saturated heterocycles. The molecule has 1 rings (SSSR count). The first-order valence-corrected chi connectivity index (χ1v) is 2.97. The average Bonchev–Trinajstić information content (AvgIpc) is 2.17. The molecule has 0 spiro atoms. The molecule has 4 atom stereocenters. The van der Waals surface area contributed by atoms with Gasteiger partial charge in [0.1, 0.15) is 18.3 Å². The molecule has 60 valence electrons. The van der Waals surface area contributed by atoms with E-state index in [1.165, 1.54) is 0 Å². The Morgan fingerprint density at radius 2 is 1.70 bits per heavy atom. The Kier molecular flexibility index (Phi) is 2.22. The monoisotopic (exact) mass is 150 g/mol. The first-order valence-electron chi connectivity index (χ1n) is 2.97. The van der Waals surface area contributed by atoms with Crippen molar-refractivity contribution in [2.24, 2.45) is 0 Å². The van der Waals surface area contributed by atoms with Crippen molar-refractivity contribution >= 4 is 0 Å². The SMILES string of the molecule is OC[C@@H]1OC(O)[C@H](O)[C@@H]1O. The van der Waals surface area contributed by atoms with Crippen LogP contribution in [0.25, 0.3) is 0 Å². The lowest BCUT2D eigenvalue weighted by molar-refractivity contribution is -0.132. The number of aliphatic hydroxyl groups excluding tert-OH is 4. The van der Waals surface area contributed by atoms with Crippen LogP contribution in [0.1, 0.15) is 0 Å². The van der Waals surface area contributed by atoms with E-state index in [0.717, 1.165) is 0 Å². The lowest BCUT2D eigenvalue weighted by atomic mass is 10.1. The molecule has 10 heavy (non-hydrogen) atoms. The normalized spacial score (nSPS) is 48.0. The van der Waals surface area contributed by atoms with E-state index in [9.17, 15) is 0 Å². The smallest absolute Gasteiger partial charge is 0.184 e. The molecule has 1 unspecified atom stereocenters. The van der Waals surface area contributed by atoms with Crippen molar-refractivity contribution in [2.45, 2.75) is 24.6 Å². The van der Waals surface area contributed by atoms with Crippen LogP contribution in [0.3, 0.4) is 0 Å². The van der Waals surface area contributed by atoms with Gasteiger partial charge >= 0.3 is 0 Å². The molecule has 0 aromatic carbocycles. The second-order valence-electron chi connectivity index (χ2n) is 2.23. The summed E-state index contributed by atoms with van der Waals surface area (Å²) < 4.78 is 4.54. The van der Waals surface area contributed by atoms with Crippen molar-refractivity contribution in [3.63, 3.8) is 0 Å². The summed E-state index contributed by atoms with van der Waals surface area (Å²) in [7, 11) is 0. The first kappa shape index (κ1) is 7.90. The quantitative estimate of drug-likeness (QED) is 0.329. The van der Waals surface area contributed by atoms with Gasteiger partial charge in [-0.25, -0.2) is 0 Å². The maximum atomic E-state index is 8.93. The zero-order chi connectivity index (χ0) is 7.72. The zero-order valence-corrected chi connectivity index (χ0v) is 5.21. The highest BCUT2D eigenvalue weighted by atomic mass is 16.6. The highest BCUT2D eigenvalue weighted by Crippen LogP contribution is 2.18. The second kappa shape index (κ2) is 2.81. The summed E-state index contributed by atoms with van der Waals surface area (Å²) in [5.74, 6) is 0. The van der Waals surface area contributed by atoms with Crippen molar-refractivity contribution < 1.29 is 25.2 Å². The predicted molar refractivity (Wildman–Crippen MR) is 30.0 cm³/mol. The Morgan fingerprint density at radius 1 is 1.10 bits per heavy atom. The molecule has 0 saturated carbocycles. The molecular weight excluding hydrogens is 140 g/mol. The van der Waals surface area contributed by atoms with Crippen molar-refractivity contribution in [2.75, 3.05) is 6.61 Å². The number of aliphatic hydroxyl groups is 4. The van der Waals surface area contributed by atoms with Gasteiger partial charge < -0.3 is 25.2 Å². The molecule has 0 bridgehead atoms. The Bertz CT molecular complexity index is 117. The van der Waals surface area contributed by atoms with Crippen LogP contribution < -0.4 is 0 Å². The minimum atomic E-state index is -1.38. The molecule has 4 N–H and O–H groups in total. The van der Waals surface area contributed by atoms with Crippen LogP contribution in [0.5, 0.6) is 0 Å². The third-order valence-electron chi connectivity index (χ3n) is 1.52. The van der Waals surface area contributed by atoms with Crippen molar-refractivity contribution in [1.82, 2.24) is 0 Å². The molecule has 5 nitrogen and oxygen atoms in total. The fraction of sp³-hybridized carbons (Fsp3) is 1.00. The van der Waals surface area contributed by atoms with E-state index in [1.54, 1.807) is 0 Å². The predicted octanol–water partition coefficient (Wildman–Crippen LogP) is -2.58. The summed E-state index contributed by atoms with van der Waals surface area (Å²) in [6.07, 6.45) is -4.76. The first-order chi connectivity index (χ1) is 4.66. The van der Waals surface area contributed by atoms with Crippen LogP contribution >= 0.6 is 0 Å². The standard InChI is InChI=1S/C5H10O5/c6-1-2-3(7)4(8)5(9)10-2/h2-9H,1H2/t2-,3+,4+,5?/m0/s1. The lowest BCUT2D eigenvalue weighted by Gasteiger charge is -2.09. The molecule has 1 aliphatic heterocycles. The summed E-state index contributed by atoms with van der Waals surface area (Å²) in [5, 5.41) is 35.0. The third-order valence-corrected chi connectivity index (χ3v) is 1.52. The van der Waals surface area contributed by atoms with Crippen molar-refractivity contribution in [3.8, 4) is 0 Å². The number of ether oxygens (including phenoxy) is 1. The molecule has 1 fully saturated rings. The summed E-state index contributed by atoms with van der Waals surface area (Å²) >= 11 is 0. The van der Waals surface area contributed by atoms with Gasteiger partial charge in [-0.1, -0.05) is 0 Å². The molecule has 0 aliphatic carbocycles. The fourth-order valence-corrected chi connectivity index (χ4v) is 0.880. The molecule has 0 amide bonds. The van der Waals surface area contributed by atoms with Gasteiger partial charge in [0, 0.05) is 0 Å². The van der Waals surface area contributed by atoms with Gasteiger partial charge in [-0.3, -0.25) is 0 Å². The Balaban J connectivity index is 2.53. The number of rotatable bonds is 1. The van der Waals surface area contributed by atoms with Gasteiger partial charge in [0.25, 0.3) is 0 Å². The van der Waals surface area contributed by atoms with E-state index < -0.39 is 31.2 Å². The van der Waals surface area contributed by atoms with Crippen molar-refractivity contribution in [3.05, 3.63) is 0 Å². The average molecular weight is 150 g/mol. The van der Waals surface area contributed by atoms with Crippen molar-refractivity contribution in [1.29, 1.82) is 0 Å². The minimum absolute atomic E-state index is 0.407. The number of hydrogen-bond acceptors (Lipinski definition) is 5. The van der Waals surface area contributed by atoms with E-state index >= 15 is 0 Å². The maximum Gasteiger partial charge on any atom is 0.184 e. The maximum absolute atomic E-state index is 8.93. The molecule has 1 heterocycles. The summed E-state index contributed by atoms with van der Waals surface area (Å²) in [4.78, 5) is 0. The van der Waals surface area contributed by atoms with Crippen LogP contribution in [0.2, 0.25) is 0 Å². The fourth-order valence-electron chi connectivity index (χ4n) is 0.880. The van der Waals surface area contributed by atoms with Gasteiger partial charge in [0.05, 0.1) is 6.61 Å². The highest BCUT2D eigenvalue weighted by Gasteiger charge is 2.41. The van der Waals surface area contributed by atoms with Gasteiger partial charge in [-0.05, 0) is 0 Å². The second-order valence-corrected chi connectivity index (χ2v) is 2.23. The Hall–Kier alpha value is -0.200. The van der Waals surface area contributed by atoms with Crippen LogP contribution in [0.15, 0.2) is 0 Å². The van der Waals surface area contributed by atoms with Gasteiger partial charge in [0.2, 0.25) is 0 Å². The van der Waals surface area contributed by atoms with E-state index in [2.05, 4.69) is 4.74 Å². The highest BCUT2D eigenvalue weighted by molar-refractivity contribution is 4.84. The van der Waals surface area contributed by atoms with Crippen LogP contribution in [-0.4, -0.2) is 51.6 Å². The Labute approximate surface area is 57.5 Å². The molecule has 0 radical (unpaired) electrons. The molecule has 1 aliphatic rings. The summed E-state index contributed by atoms with van der Waals surface area (Å²) in [6, 6.07) is 0. The molecular formula is C5H10O5. The summed E-state index contributed by atoms with van der Waals surface area (Å²) in [5.41, 5.74) is 0. The van der Waals surface area contributed by atoms with Gasteiger partial charge in [0.15, 0.2) is 6.29 Å². The topological polar surface area (TPSA) is 90.2 Å².